The molecular formula is C14H21NOS. The fourth-order valence-electron chi connectivity index (χ4n) is 2.89. The molecule has 0 radical (unpaired) electrons. The van der Waals surface area contributed by atoms with Crippen molar-refractivity contribution in [2.24, 2.45) is 5.92 Å². The highest BCUT2D eigenvalue weighted by atomic mass is 32.1. The van der Waals surface area contributed by atoms with Crippen molar-refractivity contribution < 1.29 is 4.74 Å². The van der Waals surface area contributed by atoms with Crippen molar-refractivity contribution in [2.45, 2.75) is 45.2 Å². The fraction of sp³-hybridized carbons (Fsp3) is 0.714. The van der Waals surface area contributed by atoms with E-state index in [4.69, 9.17) is 4.74 Å². The van der Waals surface area contributed by atoms with Crippen LogP contribution in [0.3, 0.4) is 0 Å². The lowest BCUT2D eigenvalue weighted by Gasteiger charge is -2.29. The van der Waals surface area contributed by atoms with Gasteiger partial charge >= 0.3 is 0 Å². The maximum Gasteiger partial charge on any atom is 0.0506 e. The Morgan fingerprint density at radius 1 is 1.47 bits per heavy atom. The molecule has 1 fully saturated rings. The molecule has 1 saturated heterocycles. The molecule has 0 spiro atoms. The summed E-state index contributed by atoms with van der Waals surface area (Å²) in [7, 11) is 0. The predicted octanol–water partition coefficient (Wildman–Crippen LogP) is 2.75. The summed E-state index contributed by atoms with van der Waals surface area (Å²) in [5.74, 6) is 0.649. The molecule has 1 aromatic heterocycles. The average molecular weight is 251 g/mol. The van der Waals surface area contributed by atoms with E-state index in [0.717, 1.165) is 26.2 Å². The number of thiophene rings is 1. The van der Waals surface area contributed by atoms with Gasteiger partial charge in [0.2, 0.25) is 0 Å². The van der Waals surface area contributed by atoms with Crippen molar-refractivity contribution in [1.29, 1.82) is 0 Å². The first kappa shape index (κ1) is 11.7. The third-order valence-electron chi connectivity index (χ3n) is 3.98. The number of hydrogen-bond donors (Lipinski definition) is 1. The first-order valence-corrected chi connectivity index (χ1v) is 7.56. The van der Waals surface area contributed by atoms with Crippen LogP contribution >= 0.6 is 11.3 Å². The zero-order chi connectivity index (χ0) is 11.7. The Labute approximate surface area is 107 Å². The van der Waals surface area contributed by atoms with Gasteiger partial charge in [0.25, 0.3) is 0 Å². The van der Waals surface area contributed by atoms with Crippen LogP contribution in [0.4, 0.5) is 0 Å². The molecule has 2 nitrogen and oxygen atoms in total. The van der Waals surface area contributed by atoms with Crippen molar-refractivity contribution in [3.63, 3.8) is 0 Å². The highest BCUT2D eigenvalue weighted by Crippen LogP contribution is 2.30. The van der Waals surface area contributed by atoms with E-state index in [2.05, 4.69) is 18.3 Å². The zero-order valence-electron chi connectivity index (χ0n) is 10.5. The van der Waals surface area contributed by atoms with E-state index in [0.29, 0.717) is 12.0 Å². The lowest BCUT2D eigenvalue weighted by molar-refractivity contribution is 0.0387. The minimum Gasteiger partial charge on any atom is -0.381 e. The van der Waals surface area contributed by atoms with Crippen molar-refractivity contribution in [1.82, 2.24) is 5.32 Å². The van der Waals surface area contributed by atoms with E-state index in [1.54, 1.807) is 10.4 Å². The molecule has 0 saturated carbocycles. The van der Waals surface area contributed by atoms with Crippen LogP contribution < -0.4 is 5.32 Å². The minimum atomic E-state index is 0.640. The molecule has 3 heteroatoms. The van der Waals surface area contributed by atoms with Crippen LogP contribution in [0, 0.1) is 5.92 Å². The molecule has 0 amide bonds. The molecule has 1 N–H and O–H groups in total. The van der Waals surface area contributed by atoms with Gasteiger partial charge in [-0.2, -0.15) is 0 Å². The summed E-state index contributed by atoms with van der Waals surface area (Å²) in [6.45, 7) is 5.17. The highest BCUT2D eigenvalue weighted by Gasteiger charge is 2.22. The maximum atomic E-state index is 5.48. The van der Waals surface area contributed by atoms with Crippen LogP contribution in [0.5, 0.6) is 0 Å². The largest absolute Gasteiger partial charge is 0.381 e. The summed E-state index contributed by atoms with van der Waals surface area (Å²) in [6, 6.07) is 3.06. The number of rotatable bonds is 3. The first-order chi connectivity index (χ1) is 8.33. The van der Waals surface area contributed by atoms with E-state index in [9.17, 15) is 0 Å². The smallest absolute Gasteiger partial charge is 0.0506 e. The summed E-state index contributed by atoms with van der Waals surface area (Å²) in [5, 5.41) is 3.71. The summed E-state index contributed by atoms with van der Waals surface area (Å²) in [6.07, 6.45) is 5.14. The van der Waals surface area contributed by atoms with Gasteiger partial charge in [-0.15, -0.1) is 11.3 Å². The minimum absolute atomic E-state index is 0.640. The van der Waals surface area contributed by atoms with Crippen molar-refractivity contribution >= 4 is 11.3 Å². The second kappa shape index (κ2) is 5.09. The fourth-order valence-corrected chi connectivity index (χ4v) is 4.10. The summed E-state index contributed by atoms with van der Waals surface area (Å²) in [4.78, 5) is 3.16. The molecule has 0 bridgehead atoms. The number of nitrogens with one attached hydrogen (secondary N) is 1. The van der Waals surface area contributed by atoms with Crippen molar-refractivity contribution in [3.8, 4) is 0 Å². The third kappa shape index (κ3) is 2.56. The molecule has 1 aromatic rings. The zero-order valence-corrected chi connectivity index (χ0v) is 11.3. The highest BCUT2D eigenvalue weighted by molar-refractivity contribution is 7.12. The Morgan fingerprint density at radius 3 is 3.24 bits per heavy atom. The molecule has 2 atom stereocenters. The van der Waals surface area contributed by atoms with Gasteiger partial charge in [0.1, 0.15) is 0 Å². The molecule has 2 aliphatic rings. The van der Waals surface area contributed by atoms with Gasteiger partial charge in [0.05, 0.1) is 6.61 Å². The topological polar surface area (TPSA) is 21.3 Å². The summed E-state index contributed by atoms with van der Waals surface area (Å²) < 4.78 is 5.48. The molecule has 0 aromatic carbocycles. The predicted molar refractivity (Wildman–Crippen MR) is 71.6 cm³/mol. The number of ether oxygens (including phenoxy) is 1. The van der Waals surface area contributed by atoms with E-state index in [1.807, 2.05) is 11.3 Å². The number of fused-ring (bicyclic) bond motifs is 1. The Morgan fingerprint density at radius 2 is 2.41 bits per heavy atom. The van der Waals surface area contributed by atoms with E-state index < -0.39 is 0 Å². The molecule has 2 unspecified atom stereocenters. The van der Waals surface area contributed by atoms with E-state index >= 15 is 0 Å². The van der Waals surface area contributed by atoms with Gasteiger partial charge in [-0.1, -0.05) is 6.92 Å². The van der Waals surface area contributed by atoms with Crippen molar-refractivity contribution in [3.05, 3.63) is 21.4 Å². The van der Waals surface area contributed by atoms with Gasteiger partial charge in [0, 0.05) is 28.9 Å². The van der Waals surface area contributed by atoms with Gasteiger partial charge in [-0.3, -0.25) is 0 Å². The number of aryl methyl sites for hydroxylation is 2. The van der Waals surface area contributed by atoms with E-state index in [-0.39, 0.29) is 0 Å². The molecule has 1 aliphatic heterocycles. The van der Waals surface area contributed by atoms with Crippen LogP contribution in [0.25, 0.3) is 0 Å². The summed E-state index contributed by atoms with van der Waals surface area (Å²) >= 11 is 2.02. The van der Waals surface area contributed by atoms with Gasteiger partial charge in [0.15, 0.2) is 0 Å². The Bertz CT molecular complexity index is 366. The molecule has 17 heavy (non-hydrogen) atoms. The second-order valence-electron chi connectivity index (χ2n) is 5.34. The van der Waals surface area contributed by atoms with Crippen LogP contribution in [-0.4, -0.2) is 19.3 Å². The van der Waals surface area contributed by atoms with Crippen molar-refractivity contribution in [2.75, 3.05) is 13.2 Å². The summed E-state index contributed by atoms with van der Waals surface area (Å²) in [5.41, 5.74) is 1.62. The lowest BCUT2D eigenvalue weighted by Crippen LogP contribution is -2.40. The van der Waals surface area contributed by atoms with Crippen LogP contribution in [0.2, 0.25) is 0 Å². The maximum absolute atomic E-state index is 5.48. The van der Waals surface area contributed by atoms with Gasteiger partial charge < -0.3 is 10.1 Å². The normalized spacial score (nSPS) is 28.3. The van der Waals surface area contributed by atoms with Crippen LogP contribution in [-0.2, 0) is 24.1 Å². The molecular weight excluding hydrogens is 230 g/mol. The number of hydrogen-bond acceptors (Lipinski definition) is 3. The standard InChI is InChI=1S/C14H21NOS/c1-10-9-16-6-5-13(10)15-8-12-7-11-3-2-4-14(11)17-12/h7,10,13,15H,2-6,8-9H2,1H3. The first-order valence-electron chi connectivity index (χ1n) is 6.74. The molecule has 3 rings (SSSR count). The molecule has 1 aliphatic carbocycles. The second-order valence-corrected chi connectivity index (χ2v) is 6.56. The lowest BCUT2D eigenvalue weighted by atomic mass is 9.98. The monoisotopic (exact) mass is 251 g/mol. The van der Waals surface area contributed by atoms with Crippen LogP contribution in [0.15, 0.2) is 6.07 Å². The van der Waals surface area contributed by atoms with E-state index in [1.165, 1.54) is 24.1 Å². The molecule has 2 heterocycles. The van der Waals surface area contributed by atoms with Gasteiger partial charge in [-0.05, 0) is 43.2 Å². The SMILES string of the molecule is CC1COCCC1NCc1cc2c(s1)CCC2. The Hall–Kier alpha value is -0.380. The van der Waals surface area contributed by atoms with Gasteiger partial charge in [-0.25, -0.2) is 0 Å². The molecule has 94 valence electrons. The van der Waals surface area contributed by atoms with Crippen LogP contribution in [0.1, 0.15) is 35.1 Å². The third-order valence-corrected chi connectivity index (χ3v) is 5.21. The Kier molecular flexibility index (Phi) is 3.50. The Balaban J connectivity index is 1.56. The average Bonchev–Trinajstić information content (AvgIpc) is 2.88. The quantitative estimate of drug-likeness (QED) is 0.892.